The Morgan fingerprint density at radius 2 is 2.12 bits per heavy atom. The molecule has 0 aromatic heterocycles. The van der Waals surface area contributed by atoms with Gasteiger partial charge in [0, 0.05) is 33.6 Å². The fourth-order valence-corrected chi connectivity index (χ4v) is 1.92. The van der Waals surface area contributed by atoms with Gasteiger partial charge in [0.2, 0.25) is 0 Å². The van der Waals surface area contributed by atoms with Gasteiger partial charge < -0.3 is 0 Å². The van der Waals surface area contributed by atoms with E-state index in [2.05, 4.69) is 21.4 Å². The van der Waals surface area contributed by atoms with E-state index in [0.717, 1.165) is 0 Å². The highest BCUT2D eigenvalue weighted by Gasteiger charge is 2.16. The highest BCUT2D eigenvalue weighted by molar-refractivity contribution is 6.36. The molecule has 0 saturated carbocycles. The lowest BCUT2D eigenvalue weighted by molar-refractivity contribution is 0.635. The maximum atomic E-state index is 9.05. The minimum atomic E-state index is -0.620. The second-order valence-electron chi connectivity index (χ2n) is 3.11. The summed E-state index contributed by atoms with van der Waals surface area (Å²) in [5, 5.41) is 16.2. The van der Waals surface area contributed by atoms with Crippen LogP contribution >= 0.6 is 23.2 Å². The van der Waals surface area contributed by atoms with E-state index < -0.39 is 6.04 Å². The normalized spacial score (nSPS) is 11.4. The number of hydrogen-bond donors (Lipinski definition) is 1. The zero-order chi connectivity index (χ0) is 12.7. The van der Waals surface area contributed by atoms with Gasteiger partial charge in [-0.25, -0.2) is 0 Å². The second-order valence-corrected chi connectivity index (χ2v) is 3.92. The number of hydrogen-bond acceptors (Lipinski definition) is 3. The van der Waals surface area contributed by atoms with Gasteiger partial charge in [-0.2, -0.15) is 5.26 Å². The minimum Gasteiger partial charge on any atom is -0.298 e. The molecule has 0 aliphatic rings. The van der Waals surface area contributed by atoms with Crippen LogP contribution in [0.25, 0.3) is 10.4 Å². The number of nitrogens with zero attached hydrogens (tertiary/aromatic N) is 4. The molecule has 7 heteroatoms. The summed E-state index contributed by atoms with van der Waals surface area (Å²) < 4.78 is 0. The van der Waals surface area contributed by atoms with Gasteiger partial charge in [0.05, 0.1) is 6.07 Å². The van der Waals surface area contributed by atoms with Crippen LogP contribution in [0.3, 0.4) is 0 Å². The van der Waals surface area contributed by atoms with Crippen LogP contribution in [0.4, 0.5) is 0 Å². The molecule has 17 heavy (non-hydrogen) atoms. The lowest BCUT2D eigenvalue weighted by Crippen LogP contribution is -2.23. The van der Waals surface area contributed by atoms with Crippen molar-refractivity contribution in [2.45, 2.75) is 6.04 Å². The summed E-state index contributed by atoms with van der Waals surface area (Å²) in [7, 11) is 0. The molecule has 0 fully saturated rings. The Hall–Kier alpha value is -1.44. The largest absolute Gasteiger partial charge is 0.298 e. The molecule has 0 spiro atoms. The van der Waals surface area contributed by atoms with Crippen LogP contribution in [0.5, 0.6) is 0 Å². The quantitative estimate of drug-likeness (QED) is 0.384. The number of azide groups is 1. The van der Waals surface area contributed by atoms with Crippen molar-refractivity contribution in [1.82, 2.24) is 5.32 Å². The summed E-state index contributed by atoms with van der Waals surface area (Å²) in [5.74, 6) is 0. The molecule has 0 aliphatic heterocycles. The maximum Gasteiger partial charge on any atom is 0.124 e. The molecule has 0 bridgehead atoms. The Morgan fingerprint density at radius 1 is 1.47 bits per heavy atom. The van der Waals surface area contributed by atoms with E-state index in [0.29, 0.717) is 22.2 Å². The molecule has 5 nitrogen and oxygen atoms in total. The minimum absolute atomic E-state index is 0.261. The zero-order valence-corrected chi connectivity index (χ0v) is 10.3. The van der Waals surface area contributed by atoms with Crippen LogP contribution in [0.15, 0.2) is 23.3 Å². The van der Waals surface area contributed by atoms with E-state index in [-0.39, 0.29) is 6.54 Å². The predicted octanol–water partition coefficient (Wildman–Crippen LogP) is 3.46. The van der Waals surface area contributed by atoms with Crippen molar-refractivity contribution < 1.29 is 0 Å². The molecule has 1 atom stereocenters. The van der Waals surface area contributed by atoms with Crippen LogP contribution in [0.1, 0.15) is 11.6 Å². The van der Waals surface area contributed by atoms with Gasteiger partial charge in [0.25, 0.3) is 0 Å². The maximum absolute atomic E-state index is 9.05. The Balaban J connectivity index is 2.80. The summed E-state index contributed by atoms with van der Waals surface area (Å²) >= 11 is 12.0. The number of nitrogens with one attached hydrogen (secondary N) is 1. The Labute approximate surface area is 109 Å². The summed E-state index contributed by atoms with van der Waals surface area (Å²) in [6.45, 7) is 0.639. The highest BCUT2D eigenvalue weighted by Crippen LogP contribution is 2.29. The number of halogens is 2. The number of nitriles is 1. The van der Waals surface area contributed by atoms with Crippen LogP contribution in [0, 0.1) is 11.3 Å². The van der Waals surface area contributed by atoms with E-state index in [1.54, 1.807) is 18.2 Å². The molecule has 0 aliphatic carbocycles. The van der Waals surface area contributed by atoms with Crippen LogP contribution in [-0.4, -0.2) is 13.1 Å². The van der Waals surface area contributed by atoms with Crippen molar-refractivity contribution in [3.63, 3.8) is 0 Å². The van der Waals surface area contributed by atoms with Crippen molar-refractivity contribution in [3.05, 3.63) is 44.3 Å². The van der Waals surface area contributed by atoms with Crippen molar-refractivity contribution in [1.29, 1.82) is 5.26 Å². The molecular weight excluding hydrogens is 261 g/mol. The first-order valence-electron chi connectivity index (χ1n) is 4.78. The molecule has 1 N–H and O–H groups in total. The van der Waals surface area contributed by atoms with Crippen molar-refractivity contribution in [2.24, 2.45) is 5.11 Å². The molecule has 1 rings (SSSR count). The highest BCUT2D eigenvalue weighted by atomic mass is 35.5. The second kappa shape index (κ2) is 7.00. The van der Waals surface area contributed by atoms with Gasteiger partial charge in [-0.1, -0.05) is 34.4 Å². The molecular formula is C10H9Cl2N5. The fourth-order valence-electron chi connectivity index (χ4n) is 1.30. The average molecular weight is 270 g/mol. The zero-order valence-electron chi connectivity index (χ0n) is 8.77. The van der Waals surface area contributed by atoms with E-state index in [4.69, 9.17) is 34.0 Å². The molecule has 1 aromatic rings. The lowest BCUT2D eigenvalue weighted by Gasteiger charge is -2.14. The van der Waals surface area contributed by atoms with Gasteiger partial charge in [0.1, 0.15) is 6.04 Å². The van der Waals surface area contributed by atoms with Crippen molar-refractivity contribution in [2.75, 3.05) is 13.1 Å². The molecule has 0 radical (unpaired) electrons. The molecule has 1 unspecified atom stereocenters. The van der Waals surface area contributed by atoms with E-state index in [9.17, 15) is 0 Å². The van der Waals surface area contributed by atoms with E-state index >= 15 is 0 Å². The number of rotatable bonds is 5. The molecule has 0 heterocycles. The third kappa shape index (κ3) is 3.81. The summed E-state index contributed by atoms with van der Waals surface area (Å²) in [6.07, 6.45) is 0. The summed E-state index contributed by atoms with van der Waals surface area (Å²) in [5.41, 5.74) is 8.66. The summed E-state index contributed by atoms with van der Waals surface area (Å²) in [6, 6.07) is 6.49. The summed E-state index contributed by atoms with van der Waals surface area (Å²) in [4.78, 5) is 2.62. The van der Waals surface area contributed by atoms with Gasteiger partial charge in [-0.15, -0.1) is 0 Å². The Kier molecular flexibility index (Phi) is 5.61. The molecule has 1 aromatic carbocycles. The molecule has 88 valence electrons. The smallest absolute Gasteiger partial charge is 0.124 e. The lowest BCUT2D eigenvalue weighted by atomic mass is 10.1. The van der Waals surface area contributed by atoms with Gasteiger partial charge in [-0.3, -0.25) is 5.32 Å². The van der Waals surface area contributed by atoms with Crippen LogP contribution in [-0.2, 0) is 0 Å². The predicted molar refractivity (Wildman–Crippen MR) is 66.8 cm³/mol. The third-order valence-electron chi connectivity index (χ3n) is 2.04. The van der Waals surface area contributed by atoms with E-state index in [1.807, 2.05) is 0 Å². The average Bonchev–Trinajstić information content (AvgIpc) is 2.31. The van der Waals surface area contributed by atoms with Crippen LogP contribution in [0.2, 0.25) is 10.0 Å². The van der Waals surface area contributed by atoms with Crippen molar-refractivity contribution >= 4 is 23.2 Å². The van der Waals surface area contributed by atoms with E-state index in [1.165, 1.54) is 0 Å². The number of benzene rings is 1. The SMILES string of the molecule is N#CC(NCCN=[N+]=[N-])c1c(Cl)cccc1Cl. The Morgan fingerprint density at radius 3 is 2.65 bits per heavy atom. The first-order valence-corrected chi connectivity index (χ1v) is 5.54. The van der Waals surface area contributed by atoms with Crippen molar-refractivity contribution in [3.8, 4) is 6.07 Å². The topological polar surface area (TPSA) is 84.6 Å². The third-order valence-corrected chi connectivity index (χ3v) is 2.70. The standard InChI is InChI=1S/C10H9Cl2N5/c11-7-2-1-3-8(12)10(7)9(6-13)15-4-5-16-17-14/h1-3,9,15H,4-5H2. The van der Waals surface area contributed by atoms with Crippen LogP contribution < -0.4 is 5.32 Å². The fraction of sp³-hybridized carbons (Fsp3) is 0.300. The Bertz CT molecular complexity index is 456. The molecule has 0 amide bonds. The van der Waals surface area contributed by atoms with Gasteiger partial charge >= 0.3 is 0 Å². The first-order chi connectivity index (χ1) is 8.20. The first kappa shape index (κ1) is 13.6. The van der Waals surface area contributed by atoms with Gasteiger partial charge in [0.15, 0.2) is 0 Å². The monoisotopic (exact) mass is 269 g/mol. The van der Waals surface area contributed by atoms with Gasteiger partial charge in [-0.05, 0) is 17.7 Å². The molecule has 0 saturated heterocycles.